The minimum atomic E-state index is -0.873. The highest BCUT2D eigenvalue weighted by Gasteiger charge is 2.34. The van der Waals surface area contributed by atoms with Crippen molar-refractivity contribution in [2.45, 2.75) is 64.5 Å². The van der Waals surface area contributed by atoms with Gasteiger partial charge in [-0.1, -0.05) is 6.42 Å². The molecule has 0 heterocycles. The molecule has 1 amide bonds. The Kier molecular flexibility index (Phi) is 5.35. The first-order valence-electron chi connectivity index (χ1n) is 7.00. The lowest BCUT2D eigenvalue weighted by molar-refractivity contribution is -0.144. The highest BCUT2D eigenvalue weighted by molar-refractivity contribution is 5.80. The van der Waals surface area contributed by atoms with Gasteiger partial charge in [-0.15, -0.1) is 0 Å². The van der Waals surface area contributed by atoms with Crippen LogP contribution in [0.4, 0.5) is 0 Å². The molecule has 1 aliphatic rings. The number of carboxylic acids is 1. The van der Waals surface area contributed by atoms with E-state index in [-0.39, 0.29) is 36.4 Å². The number of nitrogens with two attached hydrogens (primary N) is 1. The van der Waals surface area contributed by atoms with E-state index in [0.29, 0.717) is 0 Å². The zero-order valence-electron chi connectivity index (χ0n) is 12.2. The van der Waals surface area contributed by atoms with Crippen molar-refractivity contribution in [2.75, 3.05) is 6.54 Å². The van der Waals surface area contributed by atoms with Gasteiger partial charge in [-0.25, -0.2) is 0 Å². The average Bonchev–Trinajstić information content (AvgIpc) is 2.26. The number of carbonyl (C=O) groups is 2. The van der Waals surface area contributed by atoms with E-state index in [1.54, 1.807) is 4.90 Å². The molecule has 2 unspecified atom stereocenters. The number of aliphatic carboxylic acids is 1. The fourth-order valence-corrected chi connectivity index (χ4v) is 2.66. The summed E-state index contributed by atoms with van der Waals surface area (Å²) < 4.78 is 0. The highest BCUT2D eigenvalue weighted by atomic mass is 16.4. The third kappa shape index (κ3) is 4.82. The van der Waals surface area contributed by atoms with Gasteiger partial charge in [0.25, 0.3) is 0 Å². The molecule has 1 rings (SSSR count). The van der Waals surface area contributed by atoms with Crippen molar-refractivity contribution >= 4 is 11.9 Å². The van der Waals surface area contributed by atoms with Crippen LogP contribution in [0.15, 0.2) is 0 Å². The van der Waals surface area contributed by atoms with E-state index in [1.807, 2.05) is 20.8 Å². The SMILES string of the molecule is CC(C)(C)N(CCC(=O)O)C(=O)C1CCCC(N)C1. The largest absolute Gasteiger partial charge is 0.481 e. The lowest BCUT2D eigenvalue weighted by Crippen LogP contribution is -2.50. The number of rotatable bonds is 4. The monoisotopic (exact) mass is 270 g/mol. The van der Waals surface area contributed by atoms with Crippen molar-refractivity contribution in [3.63, 3.8) is 0 Å². The van der Waals surface area contributed by atoms with Crippen LogP contribution in [0.3, 0.4) is 0 Å². The molecule has 0 bridgehead atoms. The van der Waals surface area contributed by atoms with E-state index in [4.69, 9.17) is 10.8 Å². The number of hydrogen-bond acceptors (Lipinski definition) is 3. The lowest BCUT2D eigenvalue weighted by Gasteiger charge is -2.39. The summed E-state index contributed by atoms with van der Waals surface area (Å²) in [6, 6.07) is 0.101. The van der Waals surface area contributed by atoms with Crippen LogP contribution >= 0.6 is 0 Å². The molecule has 0 aromatic heterocycles. The van der Waals surface area contributed by atoms with Crippen LogP contribution < -0.4 is 5.73 Å². The average molecular weight is 270 g/mol. The maximum atomic E-state index is 12.6. The normalized spacial score (nSPS) is 24.0. The van der Waals surface area contributed by atoms with Crippen molar-refractivity contribution in [2.24, 2.45) is 11.7 Å². The summed E-state index contributed by atoms with van der Waals surface area (Å²) in [6.45, 7) is 6.09. The Morgan fingerprint density at radius 1 is 1.32 bits per heavy atom. The highest BCUT2D eigenvalue weighted by Crippen LogP contribution is 2.27. The Morgan fingerprint density at radius 3 is 2.42 bits per heavy atom. The van der Waals surface area contributed by atoms with E-state index in [0.717, 1.165) is 25.7 Å². The standard InChI is InChI=1S/C14H26N2O3/c1-14(2,3)16(8-7-12(17)18)13(19)10-5-4-6-11(15)9-10/h10-11H,4-9,15H2,1-3H3,(H,17,18). The van der Waals surface area contributed by atoms with Gasteiger partial charge in [-0.2, -0.15) is 0 Å². The molecule has 0 radical (unpaired) electrons. The second-order valence-electron chi connectivity index (χ2n) is 6.43. The van der Waals surface area contributed by atoms with Gasteiger partial charge < -0.3 is 15.7 Å². The summed E-state index contributed by atoms with van der Waals surface area (Å²) in [4.78, 5) is 25.0. The van der Waals surface area contributed by atoms with Crippen molar-refractivity contribution in [3.05, 3.63) is 0 Å². The predicted molar refractivity (Wildman–Crippen MR) is 73.7 cm³/mol. The molecule has 5 nitrogen and oxygen atoms in total. The van der Waals surface area contributed by atoms with Crippen LogP contribution in [0.5, 0.6) is 0 Å². The fourth-order valence-electron chi connectivity index (χ4n) is 2.66. The second-order valence-corrected chi connectivity index (χ2v) is 6.43. The molecule has 1 saturated carbocycles. The molecular weight excluding hydrogens is 244 g/mol. The zero-order valence-corrected chi connectivity index (χ0v) is 12.2. The van der Waals surface area contributed by atoms with E-state index in [1.165, 1.54) is 0 Å². The van der Waals surface area contributed by atoms with E-state index in [9.17, 15) is 9.59 Å². The molecule has 5 heteroatoms. The third-order valence-corrected chi connectivity index (χ3v) is 3.69. The van der Waals surface area contributed by atoms with Crippen molar-refractivity contribution < 1.29 is 14.7 Å². The summed E-state index contributed by atoms with van der Waals surface area (Å²) in [5.74, 6) is -0.858. The molecule has 1 fully saturated rings. The van der Waals surface area contributed by atoms with Crippen LogP contribution in [0.2, 0.25) is 0 Å². The number of amides is 1. The van der Waals surface area contributed by atoms with Crippen LogP contribution in [0, 0.1) is 5.92 Å². The maximum Gasteiger partial charge on any atom is 0.305 e. The summed E-state index contributed by atoms with van der Waals surface area (Å²) in [5.41, 5.74) is 5.58. The third-order valence-electron chi connectivity index (χ3n) is 3.69. The molecule has 0 aliphatic heterocycles. The first-order valence-corrected chi connectivity index (χ1v) is 7.00. The van der Waals surface area contributed by atoms with Gasteiger partial charge in [0.2, 0.25) is 5.91 Å². The second kappa shape index (κ2) is 6.37. The van der Waals surface area contributed by atoms with Crippen molar-refractivity contribution in [3.8, 4) is 0 Å². The Hall–Kier alpha value is -1.10. The van der Waals surface area contributed by atoms with Crippen molar-refractivity contribution in [1.82, 2.24) is 4.90 Å². The number of nitrogens with zero attached hydrogens (tertiary/aromatic N) is 1. The smallest absolute Gasteiger partial charge is 0.305 e. The summed E-state index contributed by atoms with van der Waals surface area (Å²) >= 11 is 0. The molecule has 0 spiro atoms. The van der Waals surface area contributed by atoms with Gasteiger partial charge in [-0.3, -0.25) is 9.59 Å². The first kappa shape index (κ1) is 16.0. The Bertz CT molecular complexity index is 336. The minimum absolute atomic E-state index is 0.0121. The molecule has 1 aliphatic carbocycles. The molecule has 19 heavy (non-hydrogen) atoms. The predicted octanol–water partition coefficient (Wildman–Crippen LogP) is 1.61. The fraction of sp³-hybridized carbons (Fsp3) is 0.857. The molecular formula is C14H26N2O3. The topological polar surface area (TPSA) is 83.6 Å². The van der Waals surface area contributed by atoms with Gasteiger partial charge in [0, 0.05) is 24.0 Å². The Balaban J connectivity index is 2.73. The van der Waals surface area contributed by atoms with E-state index in [2.05, 4.69) is 0 Å². The maximum absolute atomic E-state index is 12.6. The molecule has 3 N–H and O–H groups in total. The number of carboxylic acid groups (broad SMARTS) is 1. The van der Waals surface area contributed by atoms with Crippen LogP contribution in [0.1, 0.15) is 52.9 Å². The van der Waals surface area contributed by atoms with E-state index < -0.39 is 5.97 Å². The van der Waals surface area contributed by atoms with Gasteiger partial charge in [-0.05, 0) is 40.0 Å². The summed E-state index contributed by atoms with van der Waals surface area (Å²) in [7, 11) is 0. The first-order chi connectivity index (χ1) is 8.71. The quantitative estimate of drug-likeness (QED) is 0.813. The molecule has 110 valence electrons. The Morgan fingerprint density at radius 2 is 1.95 bits per heavy atom. The molecule has 0 saturated heterocycles. The van der Waals surface area contributed by atoms with Crippen molar-refractivity contribution in [1.29, 1.82) is 0 Å². The lowest BCUT2D eigenvalue weighted by atomic mass is 9.84. The number of hydrogen-bond donors (Lipinski definition) is 2. The van der Waals surface area contributed by atoms with E-state index >= 15 is 0 Å². The van der Waals surface area contributed by atoms with Gasteiger partial charge in [0.15, 0.2) is 0 Å². The minimum Gasteiger partial charge on any atom is -0.481 e. The summed E-state index contributed by atoms with van der Waals surface area (Å²) in [5, 5.41) is 8.80. The van der Waals surface area contributed by atoms with Gasteiger partial charge in [0.05, 0.1) is 6.42 Å². The summed E-state index contributed by atoms with van der Waals surface area (Å²) in [6.07, 6.45) is 3.54. The number of carbonyl (C=O) groups excluding carboxylic acids is 1. The van der Waals surface area contributed by atoms with Crippen LogP contribution in [-0.2, 0) is 9.59 Å². The zero-order chi connectivity index (χ0) is 14.6. The molecule has 2 atom stereocenters. The van der Waals surface area contributed by atoms with Gasteiger partial charge >= 0.3 is 5.97 Å². The van der Waals surface area contributed by atoms with Crippen LogP contribution in [-0.4, -0.2) is 40.0 Å². The Labute approximate surface area is 115 Å². The molecule has 0 aromatic carbocycles. The molecule has 0 aromatic rings. The van der Waals surface area contributed by atoms with Crippen LogP contribution in [0.25, 0.3) is 0 Å². The van der Waals surface area contributed by atoms with Gasteiger partial charge in [0.1, 0.15) is 0 Å².